The van der Waals surface area contributed by atoms with Crippen molar-refractivity contribution in [2.45, 2.75) is 45.3 Å². The van der Waals surface area contributed by atoms with Crippen LogP contribution in [0.3, 0.4) is 0 Å². The quantitative estimate of drug-likeness (QED) is 0.744. The first-order chi connectivity index (χ1) is 12.1. The number of fused-ring (bicyclic) bond motifs is 1. The molecule has 2 atom stereocenters. The molecular weight excluding hydrogens is 306 g/mol. The number of nitrogens with zero attached hydrogens (tertiary/aromatic N) is 1. The van der Waals surface area contributed by atoms with Crippen LogP contribution in [0.15, 0.2) is 48.7 Å². The zero-order chi connectivity index (χ0) is 17.4. The Kier molecular flexibility index (Phi) is 4.36. The molecule has 3 N–H and O–H groups in total. The topological polar surface area (TPSA) is 45.0 Å². The third kappa shape index (κ3) is 3.10. The number of hydrogen-bond donors (Lipinski definition) is 2. The van der Waals surface area contributed by atoms with Crippen LogP contribution in [-0.4, -0.2) is 22.5 Å². The van der Waals surface area contributed by atoms with Gasteiger partial charge in [0.05, 0.1) is 0 Å². The smallest absolute Gasteiger partial charge is 0.0487 e. The van der Waals surface area contributed by atoms with Crippen LogP contribution in [0, 0.1) is 13.8 Å². The number of rotatable bonds is 3. The molecule has 1 aliphatic heterocycles. The number of hydrogen-bond acceptors (Lipinski definition) is 2. The van der Waals surface area contributed by atoms with E-state index >= 15 is 0 Å². The molecule has 2 aromatic carbocycles. The second-order valence-corrected chi connectivity index (χ2v) is 7.44. The van der Waals surface area contributed by atoms with E-state index in [2.05, 4.69) is 72.4 Å². The highest BCUT2D eigenvalue weighted by Crippen LogP contribution is 2.34. The maximum Gasteiger partial charge on any atom is 0.0487 e. The molecule has 3 heteroatoms. The van der Waals surface area contributed by atoms with Crippen LogP contribution >= 0.6 is 0 Å². The molecule has 130 valence electrons. The molecule has 0 aliphatic carbocycles. The molecule has 25 heavy (non-hydrogen) atoms. The summed E-state index contributed by atoms with van der Waals surface area (Å²) in [5, 5.41) is 1.36. The molecule has 4 rings (SSSR count). The summed E-state index contributed by atoms with van der Waals surface area (Å²) in [6.07, 6.45) is 4.16. The summed E-state index contributed by atoms with van der Waals surface area (Å²) in [5.41, 5.74) is 13.1. The van der Waals surface area contributed by atoms with Crippen molar-refractivity contribution in [2.24, 2.45) is 5.73 Å². The molecule has 2 heterocycles. The summed E-state index contributed by atoms with van der Waals surface area (Å²) in [6, 6.07) is 16.1. The Labute approximate surface area is 149 Å². The predicted octanol–water partition coefficient (Wildman–Crippen LogP) is 4.45. The first kappa shape index (κ1) is 16.4. The molecular formula is C22H27N3. The Bertz CT molecular complexity index is 866. The normalized spacial score (nSPS) is 21.7. The van der Waals surface area contributed by atoms with Crippen molar-refractivity contribution < 1.29 is 0 Å². The maximum atomic E-state index is 6.31. The average molecular weight is 333 g/mol. The molecule has 0 amide bonds. The molecule has 0 saturated carbocycles. The second kappa shape index (κ2) is 6.66. The third-order valence-electron chi connectivity index (χ3n) is 5.67. The highest BCUT2D eigenvalue weighted by Gasteiger charge is 2.28. The van der Waals surface area contributed by atoms with Crippen molar-refractivity contribution in [3.63, 3.8) is 0 Å². The van der Waals surface area contributed by atoms with E-state index in [0.29, 0.717) is 12.1 Å². The minimum atomic E-state index is 0.299. The molecule has 1 fully saturated rings. The zero-order valence-electron chi connectivity index (χ0n) is 15.1. The number of aryl methyl sites for hydroxylation is 2. The number of aromatic amines is 1. The van der Waals surface area contributed by atoms with Gasteiger partial charge in [-0.1, -0.05) is 36.4 Å². The number of nitrogens with two attached hydrogens (primary N) is 1. The monoisotopic (exact) mass is 333 g/mol. The van der Waals surface area contributed by atoms with E-state index in [1.165, 1.54) is 33.2 Å². The van der Waals surface area contributed by atoms with E-state index in [0.717, 1.165) is 25.9 Å². The van der Waals surface area contributed by atoms with Crippen LogP contribution in [0.25, 0.3) is 10.9 Å². The van der Waals surface area contributed by atoms with Crippen molar-refractivity contribution in [2.75, 3.05) is 6.54 Å². The SMILES string of the molecule is Cc1cc(C)c2[nH]ccc2c1CN1CC[C@@H](N)C[C@@H]1c1ccccc1. The summed E-state index contributed by atoms with van der Waals surface area (Å²) in [5.74, 6) is 0. The van der Waals surface area contributed by atoms with Gasteiger partial charge in [0, 0.05) is 42.3 Å². The fraction of sp³-hybridized carbons (Fsp3) is 0.364. The molecule has 1 saturated heterocycles. The van der Waals surface area contributed by atoms with E-state index in [-0.39, 0.29) is 0 Å². The van der Waals surface area contributed by atoms with Gasteiger partial charge >= 0.3 is 0 Å². The van der Waals surface area contributed by atoms with Gasteiger partial charge in [0.15, 0.2) is 0 Å². The summed E-state index contributed by atoms with van der Waals surface area (Å²) >= 11 is 0. The lowest BCUT2D eigenvalue weighted by molar-refractivity contribution is 0.128. The predicted molar refractivity (Wildman–Crippen MR) is 105 cm³/mol. The lowest BCUT2D eigenvalue weighted by Crippen LogP contribution is -2.41. The van der Waals surface area contributed by atoms with Crippen LogP contribution in [0.4, 0.5) is 0 Å². The lowest BCUT2D eigenvalue weighted by atomic mass is 9.91. The van der Waals surface area contributed by atoms with Crippen molar-refractivity contribution >= 4 is 10.9 Å². The lowest BCUT2D eigenvalue weighted by Gasteiger charge is -2.39. The van der Waals surface area contributed by atoms with Crippen LogP contribution in [-0.2, 0) is 6.54 Å². The molecule has 0 bridgehead atoms. The number of H-pyrrole nitrogens is 1. The highest BCUT2D eigenvalue weighted by atomic mass is 15.2. The number of aromatic nitrogens is 1. The average Bonchev–Trinajstić information content (AvgIpc) is 3.10. The highest BCUT2D eigenvalue weighted by molar-refractivity contribution is 5.86. The fourth-order valence-corrected chi connectivity index (χ4v) is 4.31. The Balaban J connectivity index is 1.70. The molecule has 1 aromatic heterocycles. The second-order valence-electron chi connectivity index (χ2n) is 7.44. The molecule has 1 aliphatic rings. The molecule has 3 aromatic rings. The van der Waals surface area contributed by atoms with Crippen LogP contribution in [0.2, 0.25) is 0 Å². The minimum Gasteiger partial charge on any atom is -0.361 e. The fourth-order valence-electron chi connectivity index (χ4n) is 4.31. The van der Waals surface area contributed by atoms with Crippen LogP contribution in [0.1, 0.15) is 41.1 Å². The van der Waals surface area contributed by atoms with Crippen LogP contribution in [0.5, 0.6) is 0 Å². The number of nitrogens with one attached hydrogen (secondary N) is 1. The van der Waals surface area contributed by atoms with Gasteiger partial charge in [0.2, 0.25) is 0 Å². The molecule has 0 spiro atoms. The minimum absolute atomic E-state index is 0.299. The molecule has 0 unspecified atom stereocenters. The van der Waals surface area contributed by atoms with Gasteiger partial charge in [-0.2, -0.15) is 0 Å². The van der Waals surface area contributed by atoms with Gasteiger partial charge in [-0.15, -0.1) is 0 Å². The third-order valence-corrected chi connectivity index (χ3v) is 5.67. The number of likely N-dealkylation sites (tertiary alicyclic amines) is 1. The maximum absolute atomic E-state index is 6.31. The zero-order valence-corrected chi connectivity index (χ0v) is 15.1. The molecule has 3 nitrogen and oxygen atoms in total. The van der Waals surface area contributed by atoms with Crippen LogP contribution < -0.4 is 5.73 Å². The Morgan fingerprint density at radius 3 is 2.72 bits per heavy atom. The standard InChI is InChI=1S/C22H27N3/c1-15-12-16(2)22-19(8-10-24-22)20(15)14-25-11-9-18(23)13-21(25)17-6-4-3-5-7-17/h3-8,10,12,18,21,24H,9,11,13-14,23H2,1-2H3/t18-,21-/m1/s1. The van der Waals surface area contributed by atoms with Gasteiger partial charge in [-0.25, -0.2) is 0 Å². The first-order valence-corrected chi connectivity index (χ1v) is 9.24. The Morgan fingerprint density at radius 2 is 1.92 bits per heavy atom. The summed E-state index contributed by atoms with van der Waals surface area (Å²) < 4.78 is 0. The number of benzene rings is 2. The Hall–Kier alpha value is -2.10. The van der Waals surface area contributed by atoms with E-state index in [4.69, 9.17) is 5.73 Å². The largest absolute Gasteiger partial charge is 0.361 e. The summed E-state index contributed by atoms with van der Waals surface area (Å²) in [6.45, 7) is 6.46. The summed E-state index contributed by atoms with van der Waals surface area (Å²) in [4.78, 5) is 6.02. The van der Waals surface area contributed by atoms with E-state index < -0.39 is 0 Å². The van der Waals surface area contributed by atoms with E-state index in [1.54, 1.807) is 0 Å². The van der Waals surface area contributed by atoms with Gasteiger partial charge < -0.3 is 10.7 Å². The molecule has 0 radical (unpaired) electrons. The van der Waals surface area contributed by atoms with Gasteiger partial charge in [0.25, 0.3) is 0 Å². The van der Waals surface area contributed by atoms with Crippen molar-refractivity contribution in [3.05, 3.63) is 70.9 Å². The van der Waals surface area contributed by atoms with Gasteiger partial charge in [0.1, 0.15) is 0 Å². The summed E-state index contributed by atoms with van der Waals surface area (Å²) in [7, 11) is 0. The Morgan fingerprint density at radius 1 is 1.12 bits per heavy atom. The first-order valence-electron chi connectivity index (χ1n) is 9.24. The van der Waals surface area contributed by atoms with Gasteiger partial charge in [-0.3, -0.25) is 4.90 Å². The van der Waals surface area contributed by atoms with Crippen molar-refractivity contribution in [3.8, 4) is 0 Å². The van der Waals surface area contributed by atoms with Crippen molar-refractivity contribution in [1.29, 1.82) is 0 Å². The van der Waals surface area contributed by atoms with E-state index in [1.807, 2.05) is 0 Å². The van der Waals surface area contributed by atoms with Gasteiger partial charge in [-0.05, 0) is 55.0 Å². The number of piperidine rings is 1. The van der Waals surface area contributed by atoms with E-state index in [9.17, 15) is 0 Å². The van der Waals surface area contributed by atoms with Crippen molar-refractivity contribution in [1.82, 2.24) is 9.88 Å².